The summed E-state index contributed by atoms with van der Waals surface area (Å²) in [5, 5.41) is 9.56. The Kier molecular flexibility index (Phi) is 3.90. The molecular formula is C14H17ClO4. The molecule has 1 aromatic carbocycles. The van der Waals surface area contributed by atoms with Gasteiger partial charge in [0.25, 0.3) is 0 Å². The van der Waals surface area contributed by atoms with Crippen LogP contribution in [0.3, 0.4) is 0 Å². The van der Waals surface area contributed by atoms with Crippen molar-refractivity contribution in [2.75, 3.05) is 13.2 Å². The summed E-state index contributed by atoms with van der Waals surface area (Å²) in [6.07, 6.45) is 0.775. The van der Waals surface area contributed by atoms with Gasteiger partial charge in [-0.05, 0) is 12.1 Å². The van der Waals surface area contributed by atoms with E-state index in [2.05, 4.69) is 0 Å². The van der Waals surface area contributed by atoms with E-state index in [1.165, 1.54) is 0 Å². The summed E-state index contributed by atoms with van der Waals surface area (Å²) >= 11 is 6.25. The maximum Gasteiger partial charge on any atom is 0.304 e. The summed E-state index contributed by atoms with van der Waals surface area (Å²) in [7, 11) is 0. The minimum atomic E-state index is -0.867. The van der Waals surface area contributed by atoms with Crippen molar-refractivity contribution >= 4 is 17.6 Å². The zero-order valence-corrected chi connectivity index (χ0v) is 11.8. The van der Waals surface area contributed by atoms with Crippen LogP contribution in [-0.2, 0) is 10.2 Å². The lowest BCUT2D eigenvalue weighted by Gasteiger charge is -2.27. The fourth-order valence-electron chi connectivity index (χ4n) is 2.31. The van der Waals surface area contributed by atoms with Crippen molar-refractivity contribution in [1.29, 1.82) is 0 Å². The highest BCUT2D eigenvalue weighted by Crippen LogP contribution is 2.45. The first-order chi connectivity index (χ1) is 8.92. The van der Waals surface area contributed by atoms with Crippen LogP contribution in [0.1, 0.15) is 32.3 Å². The summed E-state index contributed by atoms with van der Waals surface area (Å²) in [5.41, 5.74) is 0.0815. The molecule has 0 radical (unpaired) electrons. The molecule has 4 nitrogen and oxygen atoms in total. The van der Waals surface area contributed by atoms with Gasteiger partial charge in [-0.25, -0.2) is 0 Å². The molecule has 19 heavy (non-hydrogen) atoms. The molecule has 0 fully saturated rings. The van der Waals surface area contributed by atoms with Crippen LogP contribution in [0, 0.1) is 0 Å². The molecule has 1 aliphatic rings. The summed E-state index contributed by atoms with van der Waals surface area (Å²) in [6, 6.07) is 3.50. The predicted molar refractivity (Wildman–Crippen MR) is 72.3 cm³/mol. The Labute approximate surface area is 117 Å². The number of fused-ring (bicyclic) bond motifs is 1. The number of carbonyl (C=O) groups is 1. The summed E-state index contributed by atoms with van der Waals surface area (Å²) in [6.45, 7) is 4.82. The first-order valence-electron chi connectivity index (χ1n) is 6.22. The number of hydrogen-bond acceptors (Lipinski definition) is 3. The third-order valence-electron chi connectivity index (χ3n) is 3.13. The van der Waals surface area contributed by atoms with Crippen molar-refractivity contribution in [3.63, 3.8) is 0 Å². The number of halogens is 1. The van der Waals surface area contributed by atoms with Gasteiger partial charge in [0, 0.05) is 22.4 Å². The Balaban J connectivity index is 2.52. The smallest absolute Gasteiger partial charge is 0.304 e. The second kappa shape index (κ2) is 5.29. The highest BCUT2D eigenvalue weighted by atomic mass is 35.5. The van der Waals surface area contributed by atoms with Gasteiger partial charge in [-0.15, -0.1) is 0 Å². The van der Waals surface area contributed by atoms with Crippen molar-refractivity contribution in [3.8, 4) is 11.5 Å². The fraction of sp³-hybridized carbons (Fsp3) is 0.500. The Morgan fingerprint density at radius 1 is 1.37 bits per heavy atom. The normalized spacial score (nSPS) is 14.9. The number of benzene rings is 1. The van der Waals surface area contributed by atoms with Gasteiger partial charge in [0.05, 0.1) is 19.6 Å². The quantitative estimate of drug-likeness (QED) is 0.926. The van der Waals surface area contributed by atoms with Gasteiger partial charge >= 0.3 is 5.97 Å². The van der Waals surface area contributed by atoms with E-state index in [1.807, 2.05) is 13.8 Å². The van der Waals surface area contributed by atoms with Crippen molar-refractivity contribution < 1.29 is 19.4 Å². The largest absolute Gasteiger partial charge is 0.490 e. The van der Waals surface area contributed by atoms with Gasteiger partial charge in [0.2, 0.25) is 0 Å². The van der Waals surface area contributed by atoms with Crippen molar-refractivity contribution in [3.05, 3.63) is 22.7 Å². The van der Waals surface area contributed by atoms with E-state index in [1.54, 1.807) is 12.1 Å². The van der Waals surface area contributed by atoms with Gasteiger partial charge in [-0.2, -0.15) is 0 Å². The van der Waals surface area contributed by atoms with Crippen LogP contribution in [0.15, 0.2) is 12.1 Å². The molecule has 0 spiro atoms. The number of rotatable bonds is 3. The van der Waals surface area contributed by atoms with E-state index >= 15 is 0 Å². The first kappa shape index (κ1) is 14.0. The van der Waals surface area contributed by atoms with Gasteiger partial charge in [-0.1, -0.05) is 25.4 Å². The van der Waals surface area contributed by atoms with Crippen LogP contribution >= 0.6 is 11.6 Å². The summed E-state index contributed by atoms with van der Waals surface area (Å²) < 4.78 is 11.3. The molecule has 1 heterocycles. The van der Waals surface area contributed by atoms with E-state index in [-0.39, 0.29) is 6.42 Å². The molecular weight excluding hydrogens is 268 g/mol. The van der Waals surface area contributed by atoms with Crippen LogP contribution in [0.2, 0.25) is 5.02 Å². The number of aliphatic carboxylic acids is 1. The molecule has 1 aromatic rings. The number of ether oxygens (including phenoxy) is 2. The third kappa shape index (κ3) is 2.95. The number of carboxylic acids is 1. The maximum atomic E-state index is 11.0. The lowest BCUT2D eigenvalue weighted by Crippen LogP contribution is -2.23. The average Bonchev–Trinajstić information content (AvgIpc) is 2.51. The lowest BCUT2D eigenvalue weighted by molar-refractivity contribution is -0.138. The summed E-state index contributed by atoms with van der Waals surface area (Å²) in [4.78, 5) is 11.0. The van der Waals surface area contributed by atoms with Crippen LogP contribution in [0.25, 0.3) is 0 Å². The Morgan fingerprint density at radius 3 is 2.74 bits per heavy atom. The zero-order chi connectivity index (χ0) is 14.0. The maximum absolute atomic E-state index is 11.0. The van der Waals surface area contributed by atoms with E-state index in [9.17, 15) is 4.79 Å². The first-order valence-corrected chi connectivity index (χ1v) is 6.60. The molecule has 0 aliphatic carbocycles. The minimum absolute atomic E-state index is 0.0213. The van der Waals surface area contributed by atoms with Crippen molar-refractivity contribution in [2.45, 2.75) is 32.1 Å². The topological polar surface area (TPSA) is 55.8 Å². The number of carboxylic acid groups (broad SMARTS) is 1. The Bertz CT molecular complexity index is 496. The molecule has 0 amide bonds. The van der Waals surface area contributed by atoms with E-state index in [4.69, 9.17) is 26.2 Å². The molecule has 0 atom stereocenters. The molecule has 104 valence electrons. The molecule has 5 heteroatoms. The fourth-order valence-corrected chi connectivity index (χ4v) is 2.71. The summed E-state index contributed by atoms with van der Waals surface area (Å²) in [5.74, 6) is 0.347. The van der Waals surface area contributed by atoms with Crippen LogP contribution < -0.4 is 9.47 Å². The predicted octanol–water partition coefficient (Wildman–Crippen LogP) is 3.25. The molecule has 0 aromatic heterocycles. The number of hydrogen-bond donors (Lipinski definition) is 1. The SMILES string of the molecule is CC(C)(CC(=O)O)c1c(Cl)ccc2c1OCCCO2. The van der Waals surface area contributed by atoms with E-state index in [0.717, 1.165) is 6.42 Å². The van der Waals surface area contributed by atoms with Crippen LogP contribution in [0.5, 0.6) is 11.5 Å². The molecule has 0 saturated heterocycles. The van der Waals surface area contributed by atoms with Crippen molar-refractivity contribution in [1.82, 2.24) is 0 Å². The Morgan fingerprint density at radius 2 is 2.05 bits per heavy atom. The monoisotopic (exact) mass is 284 g/mol. The molecule has 0 saturated carbocycles. The Hall–Kier alpha value is -1.42. The van der Waals surface area contributed by atoms with Crippen molar-refractivity contribution in [2.24, 2.45) is 0 Å². The zero-order valence-electron chi connectivity index (χ0n) is 11.0. The lowest BCUT2D eigenvalue weighted by atomic mass is 9.80. The average molecular weight is 285 g/mol. The van der Waals surface area contributed by atoms with Crippen LogP contribution in [-0.4, -0.2) is 24.3 Å². The highest BCUT2D eigenvalue weighted by Gasteiger charge is 2.32. The molecule has 1 N–H and O–H groups in total. The molecule has 1 aliphatic heterocycles. The van der Waals surface area contributed by atoms with Crippen LogP contribution in [0.4, 0.5) is 0 Å². The second-order valence-electron chi connectivity index (χ2n) is 5.25. The highest BCUT2D eigenvalue weighted by molar-refractivity contribution is 6.31. The van der Waals surface area contributed by atoms with E-state index < -0.39 is 11.4 Å². The second-order valence-corrected chi connectivity index (χ2v) is 5.66. The molecule has 0 bridgehead atoms. The van der Waals surface area contributed by atoms with Gasteiger partial charge < -0.3 is 14.6 Å². The standard InChI is InChI=1S/C14H17ClO4/c1-14(2,8-11(16)17)12-9(15)4-5-10-13(12)19-7-3-6-18-10/h4-5H,3,6-8H2,1-2H3,(H,16,17). The molecule has 2 rings (SSSR count). The molecule has 0 unspecified atom stereocenters. The van der Waals surface area contributed by atoms with E-state index in [0.29, 0.717) is 35.3 Å². The minimum Gasteiger partial charge on any atom is -0.490 e. The van der Waals surface area contributed by atoms with Gasteiger partial charge in [0.15, 0.2) is 11.5 Å². The van der Waals surface area contributed by atoms with Gasteiger partial charge in [0.1, 0.15) is 0 Å². The van der Waals surface area contributed by atoms with Gasteiger partial charge in [-0.3, -0.25) is 4.79 Å². The third-order valence-corrected chi connectivity index (χ3v) is 3.45.